The molecule has 0 bridgehead atoms. The summed E-state index contributed by atoms with van der Waals surface area (Å²) >= 11 is 0. The Bertz CT molecular complexity index is 245. The van der Waals surface area contributed by atoms with Gasteiger partial charge in [0.15, 0.2) is 0 Å². The predicted molar refractivity (Wildman–Crippen MR) is 41.1 cm³/mol. The van der Waals surface area contributed by atoms with Gasteiger partial charge in [0, 0.05) is 18.7 Å². The summed E-state index contributed by atoms with van der Waals surface area (Å²) in [5.41, 5.74) is 1.35. The highest BCUT2D eigenvalue weighted by Gasteiger charge is 2.17. The van der Waals surface area contributed by atoms with E-state index in [-0.39, 0.29) is 0 Å². The third kappa shape index (κ3) is 0.685. The minimum Gasteiger partial charge on any atom is -0.369 e. The molecule has 1 aromatic rings. The van der Waals surface area contributed by atoms with Crippen LogP contribution in [0.5, 0.6) is 0 Å². The van der Waals surface area contributed by atoms with Gasteiger partial charge < -0.3 is 5.32 Å². The van der Waals surface area contributed by atoms with Crippen LogP contribution in [-0.4, -0.2) is 11.5 Å². The highest BCUT2D eigenvalue weighted by Crippen LogP contribution is 2.27. The smallest absolute Gasteiger partial charge is 0.129 e. The number of nitrogens with one attached hydrogen (secondary N) is 1. The Hall–Kier alpha value is -1.05. The van der Waals surface area contributed by atoms with E-state index in [2.05, 4.69) is 23.3 Å². The van der Waals surface area contributed by atoms with Gasteiger partial charge in [0.2, 0.25) is 0 Å². The van der Waals surface area contributed by atoms with E-state index < -0.39 is 0 Å². The molecule has 2 heterocycles. The fourth-order valence-electron chi connectivity index (χ4n) is 1.32. The lowest BCUT2D eigenvalue weighted by atomic mass is 10.1. The zero-order chi connectivity index (χ0) is 6.97. The van der Waals surface area contributed by atoms with Gasteiger partial charge >= 0.3 is 0 Å². The maximum absolute atomic E-state index is 4.20. The lowest BCUT2D eigenvalue weighted by molar-refractivity contribution is 0.854. The van der Waals surface area contributed by atoms with E-state index in [4.69, 9.17) is 0 Å². The van der Waals surface area contributed by atoms with Gasteiger partial charge in [-0.2, -0.15) is 0 Å². The zero-order valence-electron chi connectivity index (χ0n) is 5.96. The quantitative estimate of drug-likeness (QED) is 0.583. The summed E-state index contributed by atoms with van der Waals surface area (Å²) in [5.74, 6) is 1.69. The van der Waals surface area contributed by atoms with Gasteiger partial charge in [0.1, 0.15) is 5.82 Å². The van der Waals surface area contributed by atoms with E-state index >= 15 is 0 Å². The number of nitrogens with zero attached hydrogens (tertiary/aromatic N) is 1. The van der Waals surface area contributed by atoms with Gasteiger partial charge in [-0.3, -0.25) is 0 Å². The molecule has 1 aromatic heterocycles. The molecule has 2 heteroatoms. The molecule has 1 aliphatic rings. The molecular weight excluding hydrogens is 124 g/mol. The molecule has 1 aliphatic heterocycles. The molecule has 0 saturated carbocycles. The zero-order valence-corrected chi connectivity index (χ0v) is 5.96. The highest BCUT2D eigenvalue weighted by atomic mass is 15.0. The summed E-state index contributed by atoms with van der Waals surface area (Å²) in [6.45, 7) is 3.24. The fraction of sp³-hybridized carbons (Fsp3) is 0.375. The van der Waals surface area contributed by atoms with Gasteiger partial charge in [-0.1, -0.05) is 13.0 Å². The van der Waals surface area contributed by atoms with Gasteiger partial charge in [-0.15, -0.1) is 0 Å². The topological polar surface area (TPSA) is 24.9 Å². The summed E-state index contributed by atoms with van der Waals surface area (Å²) in [7, 11) is 0. The van der Waals surface area contributed by atoms with Crippen LogP contribution in [0.2, 0.25) is 0 Å². The van der Waals surface area contributed by atoms with Crippen molar-refractivity contribution >= 4 is 5.82 Å². The van der Waals surface area contributed by atoms with Gasteiger partial charge in [0.25, 0.3) is 0 Å². The van der Waals surface area contributed by atoms with E-state index in [0.717, 1.165) is 12.4 Å². The lowest BCUT2D eigenvalue weighted by Gasteiger charge is -1.97. The van der Waals surface area contributed by atoms with Crippen molar-refractivity contribution in [3.05, 3.63) is 23.9 Å². The highest BCUT2D eigenvalue weighted by molar-refractivity contribution is 5.50. The first-order chi connectivity index (χ1) is 4.88. The summed E-state index contributed by atoms with van der Waals surface area (Å²) in [5, 5.41) is 3.24. The summed E-state index contributed by atoms with van der Waals surface area (Å²) in [6, 6.07) is 4.12. The van der Waals surface area contributed by atoms with Crippen LogP contribution in [-0.2, 0) is 0 Å². The number of anilines is 1. The monoisotopic (exact) mass is 134 g/mol. The number of aromatic nitrogens is 1. The van der Waals surface area contributed by atoms with Gasteiger partial charge in [-0.05, 0) is 11.6 Å². The molecule has 1 atom stereocenters. The first-order valence-corrected chi connectivity index (χ1v) is 3.56. The van der Waals surface area contributed by atoms with Crippen LogP contribution < -0.4 is 5.32 Å². The molecule has 2 rings (SSSR count). The molecule has 0 radical (unpaired) electrons. The average molecular weight is 134 g/mol. The van der Waals surface area contributed by atoms with Crippen LogP contribution in [0.25, 0.3) is 0 Å². The van der Waals surface area contributed by atoms with Crippen LogP contribution in [0.1, 0.15) is 18.4 Å². The molecule has 0 fully saturated rings. The maximum Gasteiger partial charge on any atom is 0.129 e. The first-order valence-electron chi connectivity index (χ1n) is 3.56. The average Bonchev–Trinajstić information content (AvgIpc) is 2.34. The largest absolute Gasteiger partial charge is 0.369 e. The standard InChI is InChI=1S/C8H10N2/c1-6-5-10-8-7(6)3-2-4-9-8/h2-4,6H,5H2,1H3,(H,9,10)/t6-/m1/s1. The Labute approximate surface area is 60.3 Å². The second kappa shape index (κ2) is 1.97. The molecular formula is C8H10N2. The van der Waals surface area contributed by atoms with Crippen molar-refractivity contribution in [2.75, 3.05) is 11.9 Å². The summed E-state index contributed by atoms with van der Waals surface area (Å²) in [4.78, 5) is 4.20. The first kappa shape index (κ1) is 5.71. The van der Waals surface area contributed by atoms with Crippen LogP contribution >= 0.6 is 0 Å². The summed E-state index contributed by atoms with van der Waals surface area (Å²) in [6.07, 6.45) is 1.82. The van der Waals surface area contributed by atoms with Crippen LogP contribution in [0.4, 0.5) is 5.82 Å². The van der Waals surface area contributed by atoms with Crippen LogP contribution in [0, 0.1) is 0 Å². The minimum absolute atomic E-state index is 0.628. The third-order valence-electron chi connectivity index (χ3n) is 1.95. The molecule has 0 aromatic carbocycles. The summed E-state index contributed by atoms with van der Waals surface area (Å²) < 4.78 is 0. The van der Waals surface area contributed by atoms with Crippen molar-refractivity contribution in [2.45, 2.75) is 12.8 Å². The van der Waals surface area contributed by atoms with Crippen LogP contribution in [0.3, 0.4) is 0 Å². The molecule has 52 valence electrons. The number of rotatable bonds is 0. The molecule has 0 spiro atoms. The Morgan fingerprint density at radius 3 is 3.40 bits per heavy atom. The van der Waals surface area contributed by atoms with Crippen molar-refractivity contribution in [1.29, 1.82) is 0 Å². The Morgan fingerprint density at radius 1 is 1.70 bits per heavy atom. The predicted octanol–water partition coefficient (Wildman–Crippen LogP) is 1.61. The van der Waals surface area contributed by atoms with Crippen LogP contribution in [0.15, 0.2) is 18.3 Å². The van der Waals surface area contributed by atoms with Gasteiger partial charge in [0.05, 0.1) is 0 Å². The van der Waals surface area contributed by atoms with Crippen molar-refractivity contribution in [3.63, 3.8) is 0 Å². The van der Waals surface area contributed by atoms with Crippen molar-refractivity contribution in [3.8, 4) is 0 Å². The second-order valence-corrected chi connectivity index (χ2v) is 2.72. The minimum atomic E-state index is 0.628. The SMILES string of the molecule is C[C@@H]1CNc2ncccc21. The van der Waals surface area contributed by atoms with E-state index in [0.29, 0.717) is 5.92 Å². The molecule has 0 amide bonds. The van der Waals surface area contributed by atoms with E-state index in [1.165, 1.54) is 5.56 Å². The number of hydrogen-bond donors (Lipinski definition) is 1. The lowest BCUT2D eigenvalue weighted by Crippen LogP contribution is -1.96. The van der Waals surface area contributed by atoms with Crippen molar-refractivity contribution < 1.29 is 0 Å². The molecule has 10 heavy (non-hydrogen) atoms. The van der Waals surface area contributed by atoms with Crippen molar-refractivity contribution in [1.82, 2.24) is 4.98 Å². The Morgan fingerprint density at radius 2 is 2.60 bits per heavy atom. The van der Waals surface area contributed by atoms with E-state index in [1.807, 2.05) is 12.3 Å². The van der Waals surface area contributed by atoms with E-state index in [1.54, 1.807) is 0 Å². The molecule has 0 saturated heterocycles. The molecule has 0 aliphatic carbocycles. The Balaban J connectivity index is 2.51. The fourth-order valence-corrected chi connectivity index (χ4v) is 1.32. The number of pyridine rings is 1. The van der Waals surface area contributed by atoms with Gasteiger partial charge in [-0.25, -0.2) is 4.98 Å². The number of hydrogen-bond acceptors (Lipinski definition) is 2. The normalized spacial score (nSPS) is 21.9. The molecule has 1 N–H and O–H groups in total. The van der Waals surface area contributed by atoms with Crippen molar-refractivity contribution in [2.24, 2.45) is 0 Å². The number of fused-ring (bicyclic) bond motifs is 1. The molecule has 0 unspecified atom stereocenters. The Kier molecular flexibility index (Phi) is 1.13. The molecule has 2 nitrogen and oxygen atoms in total. The maximum atomic E-state index is 4.20. The second-order valence-electron chi connectivity index (χ2n) is 2.72. The third-order valence-corrected chi connectivity index (χ3v) is 1.95. The van der Waals surface area contributed by atoms with E-state index in [9.17, 15) is 0 Å².